The van der Waals surface area contributed by atoms with Gasteiger partial charge in [-0.1, -0.05) is 19.1 Å². The molecule has 0 saturated carbocycles. The summed E-state index contributed by atoms with van der Waals surface area (Å²) in [5, 5.41) is 3.05. The van der Waals surface area contributed by atoms with Crippen molar-refractivity contribution in [1.82, 2.24) is 5.32 Å². The van der Waals surface area contributed by atoms with E-state index in [1.54, 1.807) is 12.1 Å². The first-order valence-electron chi connectivity index (χ1n) is 10.4. The molecule has 6 heteroatoms. The van der Waals surface area contributed by atoms with Crippen LogP contribution in [0.4, 0.5) is 5.69 Å². The molecule has 2 aromatic carbocycles. The van der Waals surface area contributed by atoms with E-state index in [1.165, 1.54) is 39.9 Å². The van der Waals surface area contributed by atoms with Crippen LogP contribution in [0.3, 0.4) is 0 Å². The number of carbonyl (C=O) groups is 1. The Bertz CT molecular complexity index is 841. The van der Waals surface area contributed by atoms with E-state index in [4.69, 9.17) is 14.2 Å². The van der Waals surface area contributed by atoms with E-state index in [9.17, 15) is 4.79 Å². The Hall–Kier alpha value is -2.89. The number of carbonyl (C=O) groups excluding carboxylic acids is 1. The van der Waals surface area contributed by atoms with Crippen LogP contribution in [0, 0.1) is 5.92 Å². The van der Waals surface area contributed by atoms with Crippen LogP contribution in [0.5, 0.6) is 17.2 Å². The fraction of sp³-hybridized carbons (Fsp3) is 0.458. The minimum absolute atomic E-state index is 0.133. The number of hydrogen-bond acceptors (Lipinski definition) is 5. The molecule has 1 aliphatic rings. The quantitative estimate of drug-likeness (QED) is 0.729. The first-order valence-corrected chi connectivity index (χ1v) is 10.4. The summed E-state index contributed by atoms with van der Waals surface area (Å²) >= 11 is 0. The monoisotopic (exact) mass is 412 g/mol. The highest BCUT2D eigenvalue weighted by Crippen LogP contribution is 2.38. The van der Waals surface area contributed by atoms with Crippen LogP contribution in [0.15, 0.2) is 36.4 Å². The molecule has 30 heavy (non-hydrogen) atoms. The molecule has 6 nitrogen and oxygen atoms in total. The lowest BCUT2D eigenvalue weighted by molar-refractivity contribution is 0.0939. The Morgan fingerprint density at radius 1 is 1.07 bits per heavy atom. The van der Waals surface area contributed by atoms with Gasteiger partial charge in [-0.15, -0.1) is 0 Å². The zero-order chi connectivity index (χ0) is 21.7. The maximum atomic E-state index is 12.8. The van der Waals surface area contributed by atoms with Gasteiger partial charge in [0.25, 0.3) is 5.91 Å². The molecule has 1 aliphatic heterocycles. The normalized spacial score (nSPS) is 17.2. The van der Waals surface area contributed by atoms with Crippen LogP contribution in [-0.2, 0) is 0 Å². The fourth-order valence-electron chi connectivity index (χ4n) is 3.97. The molecule has 162 valence electrons. The number of amides is 1. The average molecular weight is 413 g/mol. The van der Waals surface area contributed by atoms with Crippen molar-refractivity contribution in [3.63, 3.8) is 0 Å². The summed E-state index contributed by atoms with van der Waals surface area (Å²) in [6.45, 7) is 6.50. The van der Waals surface area contributed by atoms with Gasteiger partial charge in [0, 0.05) is 24.3 Å². The van der Waals surface area contributed by atoms with E-state index in [1.807, 2.05) is 6.92 Å². The molecular formula is C24H32N2O4. The SMILES string of the molecule is COc1cc(C(=O)N[C@H](C)c2ccc(N3CCC[C@@H](C)C3)cc2)cc(OC)c1OC. The van der Waals surface area contributed by atoms with Crippen molar-refractivity contribution in [3.8, 4) is 17.2 Å². The molecule has 3 rings (SSSR count). The highest BCUT2D eigenvalue weighted by molar-refractivity contribution is 5.95. The molecule has 0 spiro atoms. The summed E-state index contributed by atoms with van der Waals surface area (Å²) < 4.78 is 16.0. The summed E-state index contributed by atoms with van der Waals surface area (Å²) in [7, 11) is 4.61. The van der Waals surface area contributed by atoms with E-state index in [-0.39, 0.29) is 11.9 Å². The second-order valence-corrected chi connectivity index (χ2v) is 7.89. The zero-order valence-electron chi connectivity index (χ0n) is 18.5. The third kappa shape index (κ3) is 4.81. The summed E-state index contributed by atoms with van der Waals surface area (Å²) in [5.41, 5.74) is 2.76. The number of nitrogens with one attached hydrogen (secondary N) is 1. The average Bonchev–Trinajstić information content (AvgIpc) is 2.77. The maximum absolute atomic E-state index is 12.8. The van der Waals surface area contributed by atoms with Crippen molar-refractivity contribution in [1.29, 1.82) is 0 Å². The lowest BCUT2D eigenvalue weighted by atomic mass is 9.99. The van der Waals surface area contributed by atoms with Crippen molar-refractivity contribution in [2.75, 3.05) is 39.3 Å². The molecule has 1 fully saturated rings. The molecule has 0 radical (unpaired) electrons. The number of hydrogen-bond donors (Lipinski definition) is 1. The number of ether oxygens (including phenoxy) is 3. The van der Waals surface area contributed by atoms with Crippen molar-refractivity contribution in [2.45, 2.75) is 32.7 Å². The second kappa shape index (κ2) is 9.74. The Morgan fingerprint density at radius 3 is 2.23 bits per heavy atom. The predicted octanol–water partition coefficient (Wildman–Crippen LogP) is 4.44. The highest BCUT2D eigenvalue weighted by Gasteiger charge is 2.20. The summed E-state index contributed by atoms with van der Waals surface area (Å²) in [4.78, 5) is 15.3. The number of rotatable bonds is 7. The van der Waals surface area contributed by atoms with Gasteiger partial charge in [0.2, 0.25) is 5.75 Å². The summed E-state index contributed by atoms with van der Waals surface area (Å²) in [6.07, 6.45) is 2.54. The number of anilines is 1. The minimum Gasteiger partial charge on any atom is -0.493 e. The van der Waals surface area contributed by atoms with Gasteiger partial charge in [-0.2, -0.15) is 0 Å². The molecule has 0 aromatic heterocycles. The molecular weight excluding hydrogens is 380 g/mol. The van der Waals surface area contributed by atoms with Gasteiger partial charge >= 0.3 is 0 Å². The summed E-state index contributed by atoms with van der Waals surface area (Å²) in [6, 6.07) is 11.7. The van der Waals surface area contributed by atoms with Gasteiger partial charge in [-0.3, -0.25) is 4.79 Å². The lowest BCUT2D eigenvalue weighted by Gasteiger charge is -2.33. The molecule has 1 N–H and O–H groups in total. The van der Waals surface area contributed by atoms with E-state index in [0.29, 0.717) is 22.8 Å². The minimum atomic E-state index is -0.198. The fourth-order valence-corrected chi connectivity index (χ4v) is 3.97. The highest BCUT2D eigenvalue weighted by atomic mass is 16.5. The largest absolute Gasteiger partial charge is 0.493 e. The van der Waals surface area contributed by atoms with Crippen molar-refractivity contribution >= 4 is 11.6 Å². The van der Waals surface area contributed by atoms with Gasteiger partial charge in [-0.25, -0.2) is 0 Å². The predicted molar refractivity (Wildman–Crippen MR) is 119 cm³/mol. The van der Waals surface area contributed by atoms with Crippen molar-refractivity contribution in [2.24, 2.45) is 5.92 Å². The molecule has 0 unspecified atom stereocenters. The van der Waals surface area contributed by atoms with E-state index >= 15 is 0 Å². The molecule has 1 saturated heterocycles. The van der Waals surface area contributed by atoms with Crippen molar-refractivity contribution in [3.05, 3.63) is 47.5 Å². The number of benzene rings is 2. The molecule has 2 aromatic rings. The first kappa shape index (κ1) is 21.8. The molecule has 0 bridgehead atoms. The van der Waals surface area contributed by atoms with Crippen LogP contribution in [0.2, 0.25) is 0 Å². The van der Waals surface area contributed by atoms with Crippen LogP contribution < -0.4 is 24.4 Å². The van der Waals surface area contributed by atoms with Crippen LogP contribution >= 0.6 is 0 Å². The number of methoxy groups -OCH3 is 3. The maximum Gasteiger partial charge on any atom is 0.252 e. The first-order chi connectivity index (χ1) is 14.5. The molecule has 1 amide bonds. The third-order valence-corrected chi connectivity index (χ3v) is 5.69. The lowest BCUT2D eigenvalue weighted by Crippen LogP contribution is -2.34. The van der Waals surface area contributed by atoms with Crippen LogP contribution in [0.1, 0.15) is 48.7 Å². The Kier molecular flexibility index (Phi) is 7.08. The molecule has 2 atom stereocenters. The zero-order valence-corrected chi connectivity index (χ0v) is 18.5. The second-order valence-electron chi connectivity index (χ2n) is 7.89. The molecule has 1 heterocycles. The Labute approximate surface area is 179 Å². The summed E-state index contributed by atoms with van der Waals surface area (Å²) in [5.74, 6) is 1.91. The Morgan fingerprint density at radius 2 is 1.70 bits per heavy atom. The standard InChI is InChI=1S/C24H32N2O4/c1-16-7-6-12-26(15-16)20-10-8-18(9-11-20)17(2)25-24(27)19-13-21(28-3)23(30-5)22(14-19)29-4/h8-11,13-14,16-17H,6-7,12,15H2,1-5H3,(H,25,27)/t16-,17-/m1/s1. The van der Waals surface area contributed by atoms with E-state index in [2.05, 4.69) is 41.4 Å². The van der Waals surface area contributed by atoms with Gasteiger partial charge < -0.3 is 24.4 Å². The topological polar surface area (TPSA) is 60.0 Å². The van der Waals surface area contributed by atoms with E-state index in [0.717, 1.165) is 24.6 Å². The number of piperidine rings is 1. The van der Waals surface area contributed by atoms with Crippen molar-refractivity contribution < 1.29 is 19.0 Å². The van der Waals surface area contributed by atoms with Crippen LogP contribution in [-0.4, -0.2) is 40.3 Å². The van der Waals surface area contributed by atoms with Gasteiger partial charge in [0.05, 0.1) is 27.4 Å². The number of nitrogens with zero attached hydrogens (tertiary/aromatic N) is 1. The van der Waals surface area contributed by atoms with Gasteiger partial charge in [0.15, 0.2) is 11.5 Å². The van der Waals surface area contributed by atoms with Gasteiger partial charge in [0.1, 0.15) is 0 Å². The smallest absolute Gasteiger partial charge is 0.252 e. The van der Waals surface area contributed by atoms with Crippen LogP contribution in [0.25, 0.3) is 0 Å². The van der Waals surface area contributed by atoms with E-state index < -0.39 is 0 Å². The van der Waals surface area contributed by atoms with Gasteiger partial charge in [-0.05, 0) is 55.5 Å². The third-order valence-electron chi connectivity index (χ3n) is 5.69. The molecule has 0 aliphatic carbocycles. The Balaban J connectivity index is 1.71.